The van der Waals surface area contributed by atoms with Crippen LogP contribution in [0.15, 0.2) is 6.07 Å². The first kappa shape index (κ1) is 15.9. The van der Waals surface area contributed by atoms with Crippen molar-refractivity contribution in [2.45, 2.75) is 31.4 Å². The van der Waals surface area contributed by atoms with Gasteiger partial charge < -0.3 is 15.3 Å². The number of β-amino-alcohol motifs (C(OH)–C–C–N with tert-alkyl or cyclic N) is 1. The van der Waals surface area contributed by atoms with Gasteiger partial charge in [0.15, 0.2) is 0 Å². The number of rotatable bonds is 3. The summed E-state index contributed by atoms with van der Waals surface area (Å²) < 4.78 is 0. The monoisotopic (exact) mass is 323 g/mol. The number of fused-ring (bicyclic) bond motifs is 1. The Balaban J connectivity index is 1.67. The van der Waals surface area contributed by atoms with Gasteiger partial charge in [-0.05, 0) is 37.4 Å². The van der Waals surface area contributed by atoms with Crippen molar-refractivity contribution in [3.8, 4) is 0 Å². The number of aliphatic hydroxyl groups is 1. The molecule has 0 aromatic carbocycles. The molecule has 6 heteroatoms. The molecule has 1 saturated heterocycles. The zero-order valence-corrected chi connectivity index (χ0v) is 14.2. The summed E-state index contributed by atoms with van der Waals surface area (Å²) >= 11 is 1.63. The average Bonchev–Trinajstić information content (AvgIpc) is 2.89. The van der Waals surface area contributed by atoms with Gasteiger partial charge >= 0.3 is 0 Å². The molecule has 3 rings (SSSR count). The number of nitrogens with zero attached hydrogens (tertiary/aromatic N) is 2. The Labute approximate surface area is 135 Å². The SMILES string of the molecule is CN(C)C(=O)c1cc2c(s1)CCN(C[C@]1(O)CCCNC1)C2. The molecule has 22 heavy (non-hydrogen) atoms. The normalized spacial score (nSPS) is 25.8. The van der Waals surface area contributed by atoms with Crippen LogP contribution in [0.1, 0.15) is 33.0 Å². The summed E-state index contributed by atoms with van der Waals surface area (Å²) in [6.45, 7) is 4.21. The molecule has 122 valence electrons. The maximum Gasteiger partial charge on any atom is 0.263 e. The Morgan fingerprint density at radius 2 is 2.36 bits per heavy atom. The number of amides is 1. The summed E-state index contributed by atoms with van der Waals surface area (Å²) in [5, 5.41) is 14.0. The number of hydrogen-bond acceptors (Lipinski definition) is 5. The molecular weight excluding hydrogens is 298 g/mol. The first-order chi connectivity index (χ1) is 10.5. The molecular formula is C16H25N3O2S. The van der Waals surface area contributed by atoms with Gasteiger partial charge in [0.2, 0.25) is 0 Å². The molecule has 1 amide bonds. The van der Waals surface area contributed by atoms with Gasteiger partial charge in [-0.2, -0.15) is 0 Å². The van der Waals surface area contributed by atoms with Crippen molar-refractivity contribution in [1.82, 2.24) is 15.1 Å². The second-order valence-corrected chi connectivity index (χ2v) is 7.86. The number of nitrogens with one attached hydrogen (secondary N) is 1. The van der Waals surface area contributed by atoms with E-state index < -0.39 is 5.60 Å². The average molecular weight is 323 g/mol. The number of carbonyl (C=O) groups excluding carboxylic acids is 1. The second-order valence-electron chi connectivity index (χ2n) is 6.72. The number of carbonyl (C=O) groups is 1. The van der Waals surface area contributed by atoms with Crippen molar-refractivity contribution in [2.75, 3.05) is 40.3 Å². The van der Waals surface area contributed by atoms with E-state index in [1.165, 1.54) is 10.4 Å². The molecule has 1 aromatic rings. The van der Waals surface area contributed by atoms with Crippen LogP contribution in [-0.4, -0.2) is 66.7 Å². The Hall–Kier alpha value is -0.950. The highest BCUT2D eigenvalue weighted by Gasteiger charge is 2.33. The van der Waals surface area contributed by atoms with Gasteiger partial charge in [-0.25, -0.2) is 0 Å². The molecule has 1 fully saturated rings. The van der Waals surface area contributed by atoms with E-state index in [1.807, 2.05) is 6.07 Å². The third-order valence-electron chi connectivity index (χ3n) is 4.53. The van der Waals surface area contributed by atoms with Gasteiger partial charge in [-0.3, -0.25) is 9.69 Å². The van der Waals surface area contributed by atoms with Crippen LogP contribution in [0.4, 0.5) is 0 Å². The fraction of sp³-hybridized carbons (Fsp3) is 0.688. The summed E-state index contributed by atoms with van der Waals surface area (Å²) in [7, 11) is 3.58. The topological polar surface area (TPSA) is 55.8 Å². The van der Waals surface area contributed by atoms with E-state index >= 15 is 0 Å². The Morgan fingerprint density at radius 1 is 1.55 bits per heavy atom. The van der Waals surface area contributed by atoms with Crippen molar-refractivity contribution in [1.29, 1.82) is 0 Å². The first-order valence-corrected chi connectivity index (χ1v) is 8.77. The van der Waals surface area contributed by atoms with Crippen LogP contribution in [0.3, 0.4) is 0 Å². The molecule has 0 radical (unpaired) electrons. The van der Waals surface area contributed by atoms with Crippen LogP contribution in [0.25, 0.3) is 0 Å². The largest absolute Gasteiger partial charge is 0.387 e. The van der Waals surface area contributed by atoms with Gasteiger partial charge in [0.1, 0.15) is 0 Å². The highest BCUT2D eigenvalue weighted by Crippen LogP contribution is 2.30. The quantitative estimate of drug-likeness (QED) is 0.869. The third-order valence-corrected chi connectivity index (χ3v) is 5.76. The molecule has 5 nitrogen and oxygen atoms in total. The molecule has 2 aliphatic heterocycles. The van der Waals surface area contributed by atoms with Crippen LogP contribution in [0.5, 0.6) is 0 Å². The molecule has 1 atom stereocenters. The van der Waals surface area contributed by atoms with E-state index in [9.17, 15) is 9.90 Å². The Bertz CT molecular complexity index is 550. The number of piperidine rings is 1. The van der Waals surface area contributed by atoms with E-state index in [-0.39, 0.29) is 5.91 Å². The number of thiophene rings is 1. The molecule has 0 unspecified atom stereocenters. The summed E-state index contributed by atoms with van der Waals surface area (Å²) in [6, 6.07) is 2.04. The summed E-state index contributed by atoms with van der Waals surface area (Å²) in [6.07, 6.45) is 2.89. The van der Waals surface area contributed by atoms with Crippen molar-refractivity contribution in [2.24, 2.45) is 0 Å². The molecule has 0 spiro atoms. The van der Waals surface area contributed by atoms with Gasteiger partial charge in [-0.15, -0.1) is 11.3 Å². The van der Waals surface area contributed by atoms with E-state index in [0.29, 0.717) is 13.1 Å². The van der Waals surface area contributed by atoms with E-state index in [1.54, 1.807) is 30.3 Å². The van der Waals surface area contributed by atoms with Crippen LogP contribution in [0.2, 0.25) is 0 Å². The molecule has 1 aromatic heterocycles. The lowest BCUT2D eigenvalue weighted by Crippen LogP contribution is -2.53. The smallest absolute Gasteiger partial charge is 0.263 e. The molecule has 2 aliphatic rings. The molecule has 0 aliphatic carbocycles. The molecule has 0 saturated carbocycles. The van der Waals surface area contributed by atoms with Crippen LogP contribution < -0.4 is 5.32 Å². The van der Waals surface area contributed by atoms with Gasteiger partial charge in [0.05, 0.1) is 10.5 Å². The summed E-state index contributed by atoms with van der Waals surface area (Å²) in [5.41, 5.74) is 0.655. The fourth-order valence-electron chi connectivity index (χ4n) is 3.36. The molecule has 0 bridgehead atoms. The fourth-order valence-corrected chi connectivity index (χ4v) is 4.54. The summed E-state index contributed by atoms with van der Waals surface area (Å²) in [4.78, 5) is 18.2. The minimum Gasteiger partial charge on any atom is -0.387 e. The van der Waals surface area contributed by atoms with Crippen molar-refractivity contribution in [3.63, 3.8) is 0 Å². The lowest BCUT2D eigenvalue weighted by atomic mass is 9.93. The Morgan fingerprint density at radius 3 is 3.05 bits per heavy atom. The molecule has 2 N–H and O–H groups in total. The van der Waals surface area contributed by atoms with Crippen LogP contribution in [0, 0.1) is 0 Å². The zero-order valence-electron chi connectivity index (χ0n) is 13.4. The van der Waals surface area contributed by atoms with Crippen molar-refractivity contribution < 1.29 is 9.90 Å². The maximum atomic E-state index is 12.1. The third kappa shape index (κ3) is 3.35. The highest BCUT2D eigenvalue weighted by atomic mass is 32.1. The van der Waals surface area contributed by atoms with Crippen molar-refractivity contribution >= 4 is 17.2 Å². The van der Waals surface area contributed by atoms with Gasteiger partial charge in [-0.1, -0.05) is 0 Å². The predicted molar refractivity (Wildman–Crippen MR) is 88.4 cm³/mol. The van der Waals surface area contributed by atoms with Crippen LogP contribution in [-0.2, 0) is 13.0 Å². The van der Waals surface area contributed by atoms with Crippen molar-refractivity contribution in [3.05, 3.63) is 21.4 Å². The van der Waals surface area contributed by atoms with Crippen LogP contribution >= 0.6 is 11.3 Å². The second kappa shape index (κ2) is 6.28. The molecule has 3 heterocycles. The first-order valence-electron chi connectivity index (χ1n) is 7.95. The lowest BCUT2D eigenvalue weighted by Gasteiger charge is -2.38. The van der Waals surface area contributed by atoms with Gasteiger partial charge in [0, 0.05) is 45.2 Å². The summed E-state index contributed by atoms with van der Waals surface area (Å²) in [5.74, 6) is 0.0843. The minimum absolute atomic E-state index is 0.0843. The van der Waals surface area contributed by atoms with E-state index in [2.05, 4.69) is 10.2 Å². The Kier molecular flexibility index (Phi) is 4.54. The number of hydrogen-bond donors (Lipinski definition) is 2. The van der Waals surface area contributed by atoms with E-state index in [0.717, 1.165) is 43.8 Å². The van der Waals surface area contributed by atoms with E-state index in [4.69, 9.17) is 0 Å². The highest BCUT2D eigenvalue weighted by molar-refractivity contribution is 7.14. The van der Waals surface area contributed by atoms with Gasteiger partial charge in [0.25, 0.3) is 5.91 Å². The predicted octanol–water partition coefficient (Wildman–Crippen LogP) is 0.922. The minimum atomic E-state index is -0.603. The maximum absolute atomic E-state index is 12.1. The zero-order chi connectivity index (χ0) is 15.7. The standard InChI is InChI=1S/C16H25N3O2S/c1-18(2)15(20)14-8-12-9-19(7-4-13(12)22-14)11-16(21)5-3-6-17-10-16/h8,17,21H,3-7,9-11H2,1-2H3/t16-/m0/s1. The lowest BCUT2D eigenvalue weighted by molar-refractivity contribution is -0.0183.